The zero-order valence-corrected chi connectivity index (χ0v) is 33.2. The Bertz CT molecular complexity index is 1580. The molecule has 2 rings (SSSR count). The van der Waals surface area contributed by atoms with Crippen molar-refractivity contribution in [3.05, 3.63) is 18.2 Å². The molecule has 0 spiro atoms. The fourth-order valence-corrected chi connectivity index (χ4v) is 6.57. The predicted molar refractivity (Wildman–Crippen MR) is 208 cm³/mol. The monoisotopic (exact) mass is 824 g/mol. The number of amides is 6. The normalized spacial score (nSPS) is 21.9. The van der Waals surface area contributed by atoms with E-state index < -0.39 is 108 Å². The number of aliphatic carboxylic acids is 1. The number of aromatic nitrogens is 2. The molecule has 318 valence electrons. The van der Waals surface area contributed by atoms with E-state index in [2.05, 4.69) is 46.9 Å². The third kappa shape index (κ3) is 15.3. The smallest absolute Gasteiger partial charge is 0.327 e. The molecule has 0 aliphatic carbocycles. The minimum Gasteiger partial charge on any atom is -0.480 e. The second kappa shape index (κ2) is 23.7. The molecule has 1 aromatic rings. The molecule has 23 heteroatoms. The first-order valence-electron chi connectivity index (χ1n) is 18.4. The van der Waals surface area contributed by atoms with Gasteiger partial charge in [-0.1, -0.05) is 34.1 Å². The summed E-state index contributed by atoms with van der Waals surface area (Å²) in [5.41, 5.74) is 17.1. The number of nitrogens with zero attached hydrogens (tertiary/aromatic N) is 2. The van der Waals surface area contributed by atoms with E-state index in [4.69, 9.17) is 17.2 Å². The van der Waals surface area contributed by atoms with E-state index >= 15 is 0 Å². The summed E-state index contributed by atoms with van der Waals surface area (Å²) >= 11 is 0.947. The lowest BCUT2D eigenvalue weighted by molar-refractivity contribution is -0.141. The Labute approximate surface area is 333 Å². The molecule has 15 N–H and O–H groups in total. The number of nitrogens with two attached hydrogens (primary N) is 3. The number of imidazole rings is 1. The molecule has 6 amide bonds. The van der Waals surface area contributed by atoms with Crippen molar-refractivity contribution in [3.63, 3.8) is 0 Å². The van der Waals surface area contributed by atoms with Crippen LogP contribution < -0.4 is 49.1 Å². The molecule has 2 heterocycles. The Morgan fingerprint density at radius 2 is 1.72 bits per heavy atom. The molecule has 57 heavy (non-hydrogen) atoms. The average Bonchev–Trinajstić information content (AvgIpc) is 3.68. The van der Waals surface area contributed by atoms with E-state index in [0.717, 1.165) is 11.8 Å². The molecule has 0 saturated carbocycles. The van der Waals surface area contributed by atoms with Gasteiger partial charge in [0, 0.05) is 36.4 Å². The Kier molecular flexibility index (Phi) is 19.9. The van der Waals surface area contributed by atoms with Crippen molar-refractivity contribution in [2.45, 2.75) is 95.7 Å². The molecule has 0 radical (unpaired) electrons. The number of thioether (sulfide) groups is 1. The van der Waals surface area contributed by atoms with Gasteiger partial charge in [-0.3, -0.25) is 33.8 Å². The lowest BCUT2D eigenvalue weighted by Gasteiger charge is -2.29. The van der Waals surface area contributed by atoms with E-state index in [9.17, 15) is 48.6 Å². The minimum absolute atomic E-state index is 0.0385. The Hall–Kier alpha value is -5.29. The number of aliphatic imine (C=N–C) groups is 1. The molecule has 1 aliphatic rings. The van der Waals surface area contributed by atoms with Gasteiger partial charge in [0.05, 0.1) is 24.9 Å². The van der Waals surface area contributed by atoms with E-state index in [-0.39, 0.29) is 43.3 Å². The van der Waals surface area contributed by atoms with Crippen LogP contribution in [0.1, 0.15) is 52.7 Å². The minimum atomic E-state index is -1.50. The highest BCUT2D eigenvalue weighted by molar-refractivity contribution is 7.99. The second-order valence-corrected chi connectivity index (χ2v) is 15.0. The third-order valence-corrected chi connectivity index (χ3v) is 10.3. The highest BCUT2D eigenvalue weighted by Crippen LogP contribution is 2.14. The maximum Gasteiger partial charge on any atom is 0.327 e. The van der Waals surface area contributed by atoms with Gasteiger partial charge in [0.1, 0.15) is 42.5 Å². The number of rotatable bonds is 19. The molecule has 0 aromatic carbocycles. The number of aliphatic hydroxyl groups is 1. The largest absolute Gasteiger partial charge is 0.480 e. The van der Waals surface area contributed by atoms with Crippen molar-refractivity contribution in [3.8, 4) is 0 Å². The van der Waals surface area contributed by atoms with Crippen molar-refractivity contribution in [1.29, 1.82) is 0 Å². The SMILES string of the molecule is CCC(C)C1NC(=O)C(NC(=O)C(NC(=O)C(CCCN=C(N)N)NC(=O)C(N)C(C=O)CO)C(C)C)CSCC(C(=O)O)NC(=O)C(Cc2cnc[nH]2)NC1=O. The van der Waals surface area contributed by atoms with Gasteiger partial charge in [-0.15, -0.1) is 0 Å². The average molecular weight is 825 g/mol. The van der Waals surface area contributed by atoms with Crippen LogP contribution in [-0.2, 0) is 44.8 Å². The molecular formula is C34H56N12O10S. The van der Waals surface area contributed by atoms with Crippen LogP contribution in [0.4, 0.5) is 0 Å². The first kappa shape index (κ1) is 47.9. The van der Waals surface area contributed by atoms with Crippen LogP contribution in [0.5, 0.6) is 0 Å². The number of hydrogen-bond donors (Lipinski definition) is 12. The highest BCUT2D eigenvalue weighted by Gasteiger charge is 2.37. The summed E-state index contributed by atoms with van der Waals surface area (Å²) in [6, 6.07) is -9.33. The second-order valence-electron chi connectivity index (χ2n) is 14.0. The molecular weight excluding hydrogens is 769 g/mol. The quantitative estimate of drug-likeness (QED) is 0.0271. The molecule has 22 nitrogen and oxygen atoms in total. The van der Waals surface area contributed by atoms with Gasteiger partial charge in [-0.25, -0.2) is 9.78 Å². The zero-order valence-electron chi connectivity index (χ0n) is 32.4. The molecule has 1 fully saturated rings. The van der Waals surface area contributed by atoms with Crippen molar-refractivity contribution < 1.29 is 48.6 Å². The van der Waals surface area contributed by atoms with Gasteiger partial charge in [0.15, 0.2) is 5.96 Å². The maximum atomic E-state index is 13.9. The number of H-pyrrole nitrogens is 1. The van der Waals surface area contributed by atoms with Crippen molar-refractivity contribution in [2.24, 2.45) is 39.9 Å². The number of hydrogen-bond acceptors (Lipinski definition) is 13. The van der Waals surface area contributed by atoms with Crippen LogP contribution in [0.25, 0.3) is 0 Å². The van der Waals surface area contributed by atoms with Crippen LogP contribution >= 0.6 is 11.8 Å². The first-order chi connectivity index (χ1) is 26.9. The number of nitrogens with one attached hydrogen (secondary N) is 7. The number of carboxylic acid groups (broad SMARTS) is 1. The molecule has 1 aliphatic heterocycles. The zero-order chi connectivity index (χ0) is 42.8. The Morgan fingerprint density at radius 1 is 1.02 bits per heavy atom. The van der Waals surface area contributed by atoms with Crippen LogP contribution in [0.2, 0.25) is 0 Å². The summed E-state index contributed by atoms with van der Waals surface area (Å²) in [6.07, 6.45) is 3.65. The molecule has 9 unspecified atom stereocenters. The summed E-state index contributed by atoms with van der Waals surface area (Å²) in [5, 5.41) is 34.8. The molecule has 9 atom stereocenters. The number of carboxylic acids is 1. The highest BCUT2D eigenvalue weighted by atomic mass is 32.2. The number of aliphatic hydroxyl groups excluding tert-OH is 1. The maximum absolute atomic E-state index is 13.9. The number of aromatic amines is 1. The van der Waals surface area contributed by atoms with Crippen LogP contribution in [0.3, 0.4) is 0 Å². The summed E-state index contributed by atoms with van der Waals surface area (Å²) < 4.78 is 0. The van der Waals surface area contributed by atoms with Gasteiger partial charge in [0.2, 0.25) is 35.4 Å². The number of aldehydes is 1. The fourth-order valence-electron chi connectivity index (χ4n) is 5.50. The Balaban J connectivity index is 2.40. The fraction of sp³-hybridized carbons (Fsp3) is 0.647. The van der Waals surface area contributed by atoms with Gasteiger partial charge < -0.3 is 69.1 Å². The lowest BCUT2D eigenvalue weighted by atomic mass is 9.97. The topological polar surface area (TPSA) is 368 Å². The molecule has 0 bridgehead atoms. The van der Waals surface area contributed by atoms with E-state index in [1.807, 2.05) is 0 Å². The van der Waals surface area contributed by atoms with E-state index in [1.165, 1.54) is 12.5 Å². The lowest BCUT2D eigenvalue weighted by Crippen LogP contribution is -2.61. The first-order valence-corrected chi connectivity index (χ1v) is 19.6. The van der Waals surface area contributed by atoms with Crippen molar-refractivity contribution in [2.75, 3.05) is 24.7 Å². The summed E-state index contributed by atoms with van der Waals surface area (Å²) in [6.45, 7) is 6.10. The van der Waals surface area contributed by atoms with Gasteiger partial charge >= 0.3 is 5.97 Å². The van der Waals surface area contributed by atoms with Gasteiger partial charge in [0.25, 0.3) is 0 Å². The third-order valence-electron chi connectivity index (χ3n) is 9.20. The van der Waals surface area contributed by atoms with Gasteiger partial charge in [-0.2, -0.15) is 11.8 Å². The Morgan fingerprint density at radius 3 is 2.28 bits per heavy atom. The van der Waals surface area contributed by atoms with Crippen LogP contribution in [-0.4, -0.2) is 141 Å². The summed E-state index contributed by atoms with van der Waals surface area (Å²) in [4.78, 5) is 116. The van der Waals surface area contributed by atoms with Crippen molar-refractivity contribution in [1.82, 2.24) is 41.9 Å². The summed E-state index contributed by atoms with van der Waals surface area (Å²) in [7, 11) is 0. The molecule has 1 aromatic heterocycles. The van der Waals surface area contributed by atoms with E-state index in [1.54, 1.807) is 27.7 Å². The number of carbonyl (C=O) groups is 8. The van der Waals surface area contributed by atoms with Crippen molar-refractivity contribution >= 4 is 65.4 Å². The number of guanidine groups is 1. The standard InChI is InChI=1S/C34H56N12O10S/c1-5-17(4)26-32(54)42-21(9-19-10-38-15-40-19)28(50)44-23(33(55)56)14-57-13-22(29(51)46-26)43-31(53)25(16(2)3)45-27(49)20(7-6-8-39-34(36)37)41-30(52)24(35)18(11-47)12-48/h10-11,15-18,20-26,48H,5-9,12-14,35H2,1-4H3,(H,38,40)(H,41,52)(H,42,54)(H,43,53)(H,44,50)(H,45,49)(H,46,51)(H,55,56)(H4,36,37,39). The van der Waals surface area contributed by atoms with Crippen LogP contribution in [0.15, 0.2) is 17.5 Å². The van der Waals surface area contributed by atoms with Gasteiger partial charge in [-0.05, 0) is 24.7 Å². The van der Waals surface area contributed by atoms with Crippen LogP contribution in [0, 0.1) is 17.8 Å². The summed E-state index contributed by atoms with van der Waals surface area (Å²) in [5.74, 6) is -9.15. The predicted octanol–water partition coefficient (Wildman–Crippen LogP) is -4.42. The number of carbonyl (C=O) groups excluding carboxylic acids is 7. The molecule has 1 saturated heterocycles. The van der Waals surface area contributed by atoms with E-state index in [0.29, 0.717) is 18.4 Å².